The van der Waals surface area contributed by atoms with Crippen molar-refractivity contribution in [1.82, 2.24) is 19.7 Å². The molecule has 108 valence electrons. The Bertz CT molecular complexity index is 575. The van der Waals surface area contributed by atoms with Gasteiger partial charge in [0.05, 0.1) is 6.20 Å². The van der Waals surface area contributed by atoms with Gasteiger partial charge in [-0.25, -0.2) is 4.98 Å². The Hall–Kier alpha value is -2.11. The van der Waals surface area contributed by atoms with Crippen molar-refractivity contribution in [3.63, 3.8) is 0 Å². The first-order valence-corrected chi connectivity index (χ1v) is 6.91. The molecule has 0 spiro atoms. The number of hydrogen-bond donors (Lipinski definition) is 2. The van der Waals surface area contributed by atoms with E-state index in [4.69, 9.17) is 0 Å². The fraction of sp³-hybridized carbons (Fsp3) is 0.500. The lowest BCUT2D eigenvalue weighted by Crippen LogP contribution is -2.08. The predicted octanol–water partition coefficient (Wildman–Crippen LogP) is 2.26. The first-order valence-electron chi connectivity index (χ1n) is 6.91. The van der Waals surface area contributed by atoms with E-state index in [1.807, 2.05) is 30.9 Å². The van der Waals surface area contributed by atoms with Gasteiger partial charge in [-0.3, -0.25) is 4.68 Å². The molecule has 0 aliphatic carbocycles. The summed E-state index contributed by atoms with van der Waals surface area (Å²) in [5.41, 5.74) is 3.28. The molecule has 6 heteroatoms. The third-order valence-corrected chi connectivity index (χ3v) is 3.18. The summed E-state index contributed by atoms with van der Waals surface area (Å²) in [5.74, 6) is 1.51. The summed E-state index contributed by atoms with van der Waals surface area (Å²) in [6.07, 6.45) is 2.93. The zero-order valence-corrected chi connectivity index (χ0v) is 12.6. The molecule has 0 bridgehead atoms. The highest BCUT2D eigenvalue weighted by atomic mass is 15.3. The normalized spacial score (nSPS) is 10.6. The van der Waals surface area contributed by atoms with E-state index in [1.165, 1.54) is 5.56 Å². The van der Waals surface area contributed by atoms with E-state index >= 15 is 0 Å². The van der Waals surface area contributed by atoms with E-state index in [-0.39, 0.29) is 0 Å². The van der Waals surface area contributed by atoms with Crippen LogP contribution >= 0.6 is 0 Å². The first kappa shape index (κ1) is 14.3. The lowest BCUT2D eigenvalue weighted by atomic mass is 10.2. The van der Waals surface area contributed by atoms with E-state index in [0.717, 1.165) is 30.2 Å². The number of anilines is 2. The summed E-state index contributed by atoms with van der Waals surface area (Å²) in [6, 6.07) is 1.95. The molecule has 0 saturated carbocycles. The van der Waals surface area contributed by atoms with E-state index in [0.29, 0.717) is 12.5 Å². The summed E-state index contributed by atoms with van der Waals surface area (Å²) in [4.78, 5) is 8.83. The molecule has 2 aromatic rings. The third kappa shape index (κ3) is 3.46. The Balaban J connectivity index is 2.05. The molecule has 20 heavy (non-hydrogen) atoms. The minimum Gasteiger partial charge on any atom is -0.366 e. The van der Waals surface area contributed by atoms with Crippen LogP contribution in [0.5, 0.6) is 0 Å². The molecular formula is C14H22N6. The van der Waals surface area contributed by atoms with Crippen molar-refractivity contribution < 1.29 is 0 Å². The van der Waals surface area contributed by atoms with Crippen LogP contribution in [0.15, 0.2) is 12.3 Å². The quantitative estimate of drug-likeness (QED) is 0.845. The maximum absolute atomic E-state index is 4.46. The summed E-state index contributed by atoms with van der Waals surface area (Å²) in [5, 5.41) is 10.8. The Labute approximate surface area is 119 Å². The number of aromatic nitrogens is 4. The van der Waals surface area contributed by atoms with Crippen molar-refractivity contribution in [2.75, 3.05) is 17.2 Å². The van der Waals surface area contributed by atoms with Crippen LogP contribution in [0.3, 0.4) is 0 Å². The second-order valence-corrected chi connectivity index (χ2v) is 4.88. The number of aryl methyl sites for hydroxylation is 2. The van der Waals surface area contributed by atoms with Gasteiger partial charge in [0, 0.05) is 43.2 Å². The Morgan fingerprint density at radius 2 is 2.00 bits per heavy atom. The smallest absolute Gasteiger partial charge is 0.224 e. The fourth-order valence-electron chi connectivity index (χ4n) is 1.88. The van der Waals surface area contributed by atoms with Crippen molar-refractivity contribution in [3.05, 3.63) is 29.2 Å². The maximum atomic E-state index is 4.46. The zero-order valence-electron chi connectivity index (χ0n) is 12.6. The highest BCUT2D eigenvalue weighted by Gasteiger charge is 2.05. The predicted molar refractivity (Wildman–Crippen MR) is 80.8 cm³/mol. The van der Waals surface area contributed by atoms with Gasteiger partial charge in [-0.1, -0.05) is 6.92 Å². The van der Waals surface area contributed by atoms with E-state index in [9.17, 15) is 0 Å². The fourth-order valence-corrected chi connectivity index (χ4v) is 1.88. The molecule has 2 N–H and O–H groups in total. The van der Waals surface area contributed by atoms with Crippen LogP contribution in [-0.2, 0) is 13.6 Å². The maximum Gasteiger partial charge on any atom is 0.224 e. The van der Waals surface area contributed by atoms with Crippen molar-refractivity contribution in [1.29, 1.82) is 0 Å². The van der Waals surface area contributed by atoms with Gasteiger partial charge in [0.25, 0.3) is 0 Å². The van der Waals surface area contributed by atoms with Gasteiger partial charge in [-0.05, 0) is 20.3 Å². The van der Waals surface area contributed by atoms with Crippen LogP contribution in [0.4, 0.5) is 11.8 Å². The highest BCUT2D eigenvalue weighted by Crippen LogP contribution is 2.12. The van der Waals surface area contributed by atoms with Crippen molar-refractivity contribution in [2.24, 2.45) is 7.05 Å². The molecular weight excluding hydrogens is 252 g/mol. The Morgan fingerprint density at radius 1 is 1.20 bits per heavy atom. The van der Waals surface area contributed by atoms with Gasteiger partial charge < -0.3 is 10.6 Å². The van der Waals surface area contributed by atoms with Crippen LogP contribution in [0.1, 0.15) is 30.3 Å². The molecule has 0 aliphatic heterocycles. The molecule has 2 aromatic heterocycles. The van der Waals surface area contributed by atoms with Gasteiger partial charge in [-0.2, -0.15) is 10.1 Å². The van der Waals surface area contributed by atoms with Crippen LogP contribution in [-0.4, -0.2) is 26.3 Å². The number of nitrogens with zero attached hydrogens (tertiary/aromatic N) is 4. The van der Waals surface area contributed by atoms with E-state index in [2.05, 4.69) is 39.5 Å². The van der Waals surface area contributed by atoms with Gasteiger partial charge in [0.2, 0.25) is 5.95 Å². The molecule has 0 fully saturated rings. The minimum absolute atomic E-state index is 0.678. The van der Waals surface area contributed by atoms with Crippen LogP contribution in [0.2, 0.25) is 0 Å². The summed E-state index contributed by atoms with van der Waals surface area (Å²) < 4.78 is 1.87. The first-order chi connectivity index (χ1) is 9.60. The summed E-state index contributed by atoms with van der Waals surface area (Å²) in [7, 11) is 1.94. The molecule has 6 nitrogen and oxygen atoms in total. The molecule has 0 radical (unpaired) electrons. The van der Waals surface area contributed by atoms with E-state index < -0.39 is 0 Å². The van der Waals surface area contributed by atoms with Crippen molar-refractivity contribution in [3.8, 4) is 0 Å². The summed E-state index contributed by atoms with van der Waals surface area (Å²) >= 11 is 0. The van der Waals surface area contributed by atoms with Crippen LogP contribution in [0, 0.1) is 13.8 Å². The van der Waals surface area contributed by atoms with E-state index in [1.54, 1.807) is 0 Å². The van der Waals surface area contributed by atoms with Gasteiger partial charge in [0.1, 0.15) is 5.82 Å². The van der Waals surface area contributed by atoms with Gasteiger partial charge in [-0.15, -0.1) is 0 Å². The monoisotopic (exact) mass is 274 g/mol. The van der Waals surface area contributed by atoms with Crippen molar-refractivity contribution >= 4 is 11.8 Å². The second kappa shape index (κ2) is 6.36. The largest absolute Gasteiger partial charge is 0.366 e. The standard InChI is InChI=1S/C14H22N6/c1-5-6-15-14-18-10(2)7-13(19-14)16-8-12-9-17-20(4)11(12)3/h7,9H,5-6,8H2,1-4H3,(H2,15,16,18,19). The van der Waals surface area contributed by atoms with Gasteiger partial charge >= 0.3 is 0 Å². The minimum atomic E-state index is 0.678. The Kier molecular flexibility index (Phi) is 4.55. The van der Waals surface area contributed by atoms with Crippen molar-refractivity contribution in [2.45, 2.75) is 33.7 Å². The zero-order chi connectivity index (χ0) is 14.5. The average Bonchev–Trinajstić information content (AvgIpc) is 2.74. The molecule has 0 saturated heterocycles. The van der Waals surface area contributed by atoms with Gasteiger partial charge in [0.15, 0.2) is 0 Å². The Morgan fingerprint density at radius 3 is 2.65 bits per heavy atom. The lowest BCUT2D eigenvalue weighted by Gasteiger charge is -2.09. The number of rotatable bonds is 6. The highest BCUT2D eigenvalue weighted by molar-refractivity contribution is 5.42. The molecule has 0 aliphatic rings. The number of hydrogen-bond acceptors (Lipinski definition) is 5. The molecule has 2 heterocycles. The average molecular weight is 274 g/mol. The third-order valence-electron chi connectivity index (χ3n) is 3.18. The topological polar surface area (TPSA) is 67.7 Å². The second-order valence-electron chi connectivity index (χ2n) is 4.88. The summed E-state index contributed by atoms with van der Waals surface area (Å²) in [6.45, 7) is 7.74. The van der Waals surface area contributed by atoms with Crippen LogP contribution < -0.4 is 10.6 Å². The number of nitrogens with one attached hydrogen (secondary N) is 2. The molecule has 0 aromatic carbocycles. The lowest BCUT2D eigenvalue weighted by molar-refractivity contribution is 0.738. The SMILES string of the molecule is CCCNc1nc(C)cc(NCc2cnn(C)c2C)n1. The molecule has 0 atom stereocenters. The van der Waals surface area contributed by atoms with Crippen LogP contribution in [0.25, 0.3) is 0 Å². The molecule has 2 rings (SSSR count). The molecule has 0 amide bonds. The molecule has 0 unspecified atom stereocenters.